The van der Waals surface area contributed by atoms with Gasteiger partial charge in [0.15, 0.2) is 5.82 Å². The fourth-order valence-electron chi connectivity index (χ4n) is 2.12. The standard InChI is InChI=1S/C13H14FN3O2/c14-10-6-9(1-2-11(10)15)13-16-12(17-19-13)5-8-3-4-18-7-8/h1-2,6,8H,3-5,7,15H2. The van der Waals surface area contributed by atoms with E-state index < -0.39 is 5.82 Å². The summed E-state index contributed by atoms with van der Waals surface area (Å²) in [5.74, 6) is 0.894. The van der Waals surface area contributed by atoms with Crippen molar-refractivity contribution in [1.82, 2.24) is 10.1 Å². The molecule has 0 radical (unpaired) electrons. The fraction of sp³-hybridized carbons (Fsp3) is 0.385. The zero-order valence-corrected chi connectivity index (χ0v) is 10.3. The quantitative estimate of drug-likeness (QED) is 0.858. The molecule has 6 heteroatoms. The summed E-state index contributed by atoms with van der Waals surface area (Å²) in [5.41, 5.74) is 6.06. The Balaban J connectivity index is 1.78. The maximum atomic E-state index is 13.4. The van der Waals surface area contributed by atoms with Crippen LogP contribution in [0.1, 0.15) is 12.2 Å². The first-order valence-corrected chi connectivity index (χ1v) is 6.18. The van der Waals surface area contributed by atoms with Crippen LogP contribution in [0, 0.1) is 11.7 Å². The molecule has 3 rings (SSSR count). The van der Waals surface area contributed by atoms with Crippen molar-refractivity contribution >= 4 is 5.69 Å². The zero-order chi connectivity index (χ0) is 13.2. The lowest BCUT2D eigenvalue weighted by atomic mass is 10.1. The van der Waals surface area contributed by atoms with Crippen LogP contribution in [0.2, 0.25) is 0 Å². The van der Waals surface area contributed by atoms with E-state index in [1.807, 2.05) is 0 Å². The molecule has 0 spiro atoms. The van der Waals surface area contributed by atoms with Gasteiger partial charge in [-0.15, -0.1) is 0 Å². The Kier molecular flexibility index (Phi) is 3.16. The van der Waals surface area contributed by atoms with Crippen LogP contribution in [0.25, 0.3) is 11.5 Å². The largest absolute Gasteiger partial charge is 0.396 e. The highest BCUT2D eigenvalue weighted by Gasteiger charge is 2.19. The maximum absolute atomic E-state index is 13.4. The first kappa shape index (κ1) is 12.1. The molecule has 0 aliphatic carbocycles. The second kappa shape index (κ2) is 4.97. The van der Waals surface area contributed by atoms with Crippen molar-refractivity contribution < 1.29 is 13.7 Å². The monoisotopic (exact) mass is 263 g/mol. The van der Waals surface area contributed by atoms with Crippen LogP contribution in [0.15, 0.2) is 22.7 Å². The van der Waals surface area contributed by atoms with Gasteiger partial charge in [-0.05, 0) is 30.5 Å². The molecule has 1 fully saturated rings. The van der Waals surface area contributed by atoms with E-state index in [9.17, 15) is 4.39 Å². The van der Waals surface area contributed by atoms with Gasteiger partial charge in [0.05, 0.1) is 5.69 Å². The molecule has 1 aliphatic heterocycles. The van der Waals surface area contributed by atoms with Crippen LogP contribution < -0.4 is 5.73 Å². The Morgan fingerprint density at radius 2 is 2.32 bits per heavy atom. The number of hydrogen-bond acceptors (Lipinski definition) is 5. The Labute approximate surface area is 109 Å². The normalized spacial score (nSPS) is 18.9. The molecule has 5 nitrogen and oxygen atoms in total. The minimum Gasteiger partial charge on any atom is -0.396 e. The Morgan fingerprint density at radius 3 is 3.05 bits per heavy atom. The van der Waals surface area contributed by atoms with Gasteiger partial charge in [0.25, 0.3) is 5.89 Å². The van der Waals surface area contributed by atoms with E-state index in [0.29, 0.717) is 23.2 Å². The van der Waals surface area contributed by atoms with Crippen molar-refractivity contribution in [3.63, 3.8) is 0 Å². The van der Waals surface area contributed by atoms with Crippen molar-refractivity contribution in [1.29, 1.82) is 0 Å². The number of aromatic nitrogens is 2. The molecule has 2 aromatic rings. The highest BCUT2D eigenvalue weighted by Crippen LogP contribution is 2.23. The van der Waals surface area contributed by atoms with E-state index in [4.69, 9.17) is 15.0 Å². The molecule has 1 aliphatic rings. The molecular weight excluding hydrogens is 249 g/mol. The Morgan fingerprint density at radius 1 is 1.42 bits per heavy atom. The third-order valence-electron chi connectivity index (χ3n) is 3.21. The van der Waals surface area contributed by atoms with Crippen molar-refractivity contribution in [2.45, 2.75) is 12.8 Å². The highest BCUT2D eigenvalue weighted by atomic mass is 19.1. The van der Waals surface area contributed by atoms with Gasteiger partial charge in [0.2, 0.25) is 0 Å². The molecule has 1 atom stereocenters. The average Bonchev–Trinajstić information content (AvgIpc) is 3.05. The smallest absolute Gasteiger partial charge is 0.258 e. The van der Waals surface area contributed by atoms with Crippen molar-refractivity contribution in [3.8, 4) is 11.5 Å². The summed E-state index contributed by atoms with van der Waals surface area (Å²) >= 11 is 0. The van der Waals surface area contributed by atoms with Gasteiger partial charge in [-0.1, -0.05) is 5.16 Å². The van der Waals surface area contributed by atoms with Gasteiger partial charge >= 0.3 is 0 Å². The molecule has 100 valence electrons. The summed E-state index contributed by atoms with van der Waals surface area (Å²) < 4.78 is 23.8. The van der Waals surface area contributed by atoms with Gasteiger partial charge < -0.3 is 15.0 Å². The van der Waals surface area contributed by atoms with Gasteiger partial charge in [0, 0.05) is 25.2 Å². The van der Waals surface area contributed by atoms with Crippen molar-refractivity contribution in [2.75, 3.05) is 18.9 Å². The first-order chi connectivity index (χ1) is 9.22. The van der Waals surface area contributed by atoms with E-state index in [0.717, 1.165) is 26.1 Å². The van der Waals surface area contributed by atoms with Gasteiger partial charge in [-0.2, -0.15) is 4.98 Å². The molecule has 1 unspecified atom stereocenters. The summed E-state index contributed by atoms with van der Waals surface area (Å²) in [6, 6.07) is 4.44. The lowest BCUT2D eigenvalue weighted by Crippen LogP contribution is -2.04. The van der Waals surface area contributed by atoms with Gasteiger partial charge in [0.1, 0.15) is 5.82 Å². The summed E-state index contributed by atoms with van der Waals surface area (Å²) in [7, 11) is 0. The van der Waals surface area contributed by atoms with Crippen LogP contribution >= 0.6 is 0 Å². The van der Waals surface area contributed by atoms with Crippen LogP contribution in [0.5, 0.6) is 0 Å². The minimum atomic E-state index is -0.485. The van der Waals surface area contributed by atoms with Gasteiger partial charge in [-0.3, -0.25) is 0 Å². The second-order valence-corrected chi connectivity index (χ2v) is 4.69. The number of ether oxygens (including phenoxy) is 1. The third-order valence-corrected chi connectivity index (χ3v) is 3.21. The molecule has 1 aromatic carbocycles. The van der Waals surface area contributed by atoms with Crippen LogP contribution in [0.4, 0.5) is 10.1 Å². The number of nitrogens with zero attached hydrogens (tertiary/aromatic N) is 2. The fourth-order valence-corrected chi connectivity index (χ4v) is 2.12. The van der Waals surface area contributed by atoms with Crippen molar-refractivity contribution in [3.05, 3.63) is 29.8 Å². The van der Waals surface area contributed by atoms with Crippen LogP contribution in [-0.2, 0) is 11.2 Å². The molecule has 1 aromatic heterocycles. The topological polar surface area (TPSA) is 74.2 Å². The lowest BCUT2D eigenvalue weighted by Gasteiger charge is -2.01. The first-order valence-electron chi connectivity index (χ1n) is 6.18. The van der Waals surface area contributed by atoms with E-state index >= 15 is 0 Å². The van der Waals surface area contributed by atoms with Gasteiger partial charge in [-0.25, -0.2) is 4.39 Å². The van der Waals surface area contributed by atoms with E-state index in [-0.39, 0.29) is 5.69 Å². The molecule has 2 heterocycles. The Hall–Kier alpha value is -1.95. The molecule has 0 amide bonds. The molecule has 0 saturated carbocycles. The Bertz CT molecular complexity index is 579. The molecular formula is C13H14FN3O2. The predicted octanol–water partition coefficient (Wildman–Crippen LogP) is 2.04. The summed E-state index contributed by atoms with van der Waals surface area (Å²) in [6.07, 6.45) is 1.74. The van der Waals surface area contributed by atoms with E-state index in [1.165, 1.54) is 12.1 Å². The van der Waals surface area contributed by atoms with E-state index in [1.54, 1.807) is 6.07 Å². The SMILES string of the molecule is Nc1ccc(-c2nc(CC3CCOC3)no2)cc1F. The molecule has 19 heavy (non-hydrogen) atoms. The minimum absolute atomic E-state index is 0.103. The lowest BCUT2D eigenvalue weighted by molar-refractivity contribution is 0.185. The molecule has 2 N–H and O–H groups in total. The van der Waals surface area contributed by atoms with Crippen LogP contribution in [0.3, 0.4) is 0 Å². The van der Waals surface area contributed by atoms with E-state index in [2.05, 4.69) is 10.1 Å². The number of hydrogen-bond donors (Lipinski definition) is 1. The van der Waals surface area contributed by atoms with Crippen LogP contribution in [-0.4, -0.2) is 23.4 Å². The number of rotatable bonds is 3. The predicted molar refractivity (Wildman–Crippen MR) is 66.7 cm³/mol. The second-order valence-electron chi connectivity index (χ2n) is 4.69. The number of benzene rings is 1. The third kappa shape index (κ3) is 2.58. The summed E-state index contributed by atoms with van der Waals surface area (Å²) in [4.78, 5) is 4.27. The molecule has 0 bridgehead atoms. The number of anilines is 1. The molecule has 1 saturated heterocycles. The number of nitrogen functional groups attached to an aromatic ring is 1. The maximum Gasteiger partial charge on any atom is 0.258 e. The summed E-state index contributed by atoms with van der Waals surface area (Å²) in [5, 5.41) is 3.91. The zero-order valence-electron chi connectivity index (χ0n) is 10.3. The number of nitrogens with two attached hydrogens (primary N) is 1. The highest BCUT2D eigenvalue weighted by molar-refractivity contribution is 5.57. The summed E-state index contributed by atoms with van der Waals surface area (Å²) in [6.45, 7) is 1.53. The average molecular weight is 263 g/mol. The van der Waals surface area contributed by atoms with Crippen molar-refractivity contribution in [2.24, 2.45) is 5.92 Å². The number of halogens is 1.